The molecule has 1 aliphatic heterocycles. The number of amides is 1. The summed E-state index contributed by atoms with van der Waals surface area (Å²) in [5.41, 5.74) is 0.625. The number of nitrogens with one attached hydrogen (secondary N) is 1. The smallest absolute Gasteiger partial charge is 0.251 e. The number of rotatable bonds is 6. The maximum Gasteiger partial charge on any atom is 0.251 e. The lowest BCUT2D eigenvalue weighted by atomic mass is 9.99. The second-order valence-electron chi connectivity index (χ2n) is 6.51. The summed E-state index contributed by atoms with van der Waals surface area (Å²) in [6.45, 7) is 6.46. The van der Waals surface area contributed by atoms with Gasteiger partial charge in [-0.3, -0.25) is 9.36 Å². The molecule has 3 heterocycles. The maximum absolute atomic E-state index is 12.3. The van der Waals surface area contributed by atoms with Gasteiger partial charge in [-0.1, -0.05) is 6.92 Å². The Kier molecular flexibility index (Phi) is 5.59. The van der Waals surface area contributed by atoms with Gasteiger partial charge in [0.25, 0.3) is 5.91 Å². The Labute approximate surface area is 142 Å². The Bertz CT molecular complexity index is 647. The first-order valence-electron chi connectivity index (χ1n) is 8.67. The van der Waals surface area contributed by atoms with Crippen LogP contribution in [0.5, 0.6) is 0 Å². The van der Waals surface area contributed by atoms with E-state index in [1.165, 1.54) is 25.9 Å². The molecular formula is C18H25N5O. The molecule has 1 aliphatic rings. The number of carbonyl (C=O) groups is 1. The molecule has 3 rings (SSSR count). The summed E-state index contributed by atoms with van der Waals surface area (Å²) >= 11 is 0. The van der Waals surface area contributed by atoms with Crippen molar-refractivity contribution >= 4 is 5.91 Å². The third kappa shape index (κ3) is 4.41. The standard InChI is InChI=1S/C18H25N5O/c1-15-4-10-22(11-5-15)9-2-6-21-18(24)16-3-7-20-17(13-16)23-12-8-19-14-23/h3,7-8,12-15H,2,4-6,9-11H2,1H3,(H,21,24). The molecule has 6 heteroatoms. The van der Waals surface area contributed by atoms with Crippen LogP contribution in [-0.4, -0.2) is 51.5 Å². The van der Waals surface area contributed by atoms with Gasteiger partial charge in [-0.2, -0.15) is 0 Å². The van der Waals surface area contributed by atoms with Crippen molar-refractivity contribution in [1.29, 1.82) is 0 Å². The molecule has 1 N–H and O–H groups in total. The highest BCUT2D eigenvalue weighted by atomic mass is 16.1. The minimum atomic E-state index is -0.0500. The summed E-state index contributed by atoms with van der Waals surface area (Å²) in [6, 6.07) is 3.52. The zero-order valence-corrected chi connectivity index (χ0v) is 14.2. The van der Waals surface area contributed by atoms with Crippen LogP contribution in [0.2, 0.25) is 0 Å². The Balaban J connectivity index is 1.44. The van der Waals surface area contributed by atoms with Crippen molar-refractivity contribution in [3.05, 3.63) is 42.6 Å². The lowest BCUT2D eigenvalue weighted by Gasteiger charge is -2.30. The molecular weight excluding hydrogens is 302 g/mol. The van der Waals surface area contributed by atoms with Crippen molar-refractivity contribution in [2.45, 2.75) is 26.2 Å². The number of aromatic nitrogens is 3. The van der Waals surface area contributed by atoms with Crippen LogP contribution in [0.3, 0.4) is 0 Å². The third-order valence-corrected chi connectivity index (χ3v) is 4.59. The zero-order chi connectivity index (χ0) is 16.8. The number of likely N-dealkylation sites (tertiary alicyclic amines) is 1. The fourth-order valence-corrected chi connectivity index (χ4v) is 2.99. The molecule has 1 fully saturated rings. The van der Waals surface area contributed by atoms with Gasteiger partial charge in [-0.15, -0.1) is 0 Å². The molecule has 128 valence electrons. The first kappa shape index (κ1) is 16.6. The van der Waals surface area contributed by atoms with E-state index in [9.17, 15) is 4.79 Å². The predicted octanol–water partition coefficient (Wildman–Crippen LogP) is 2.12. The van der Waals surface area contributed by atoms with Crippen molar-refractivity contribution in [3.63, 3.8) is 0 Å². The van der Waals surface area contributed by atoms with E-state index < -0.39 is 0 Å². The molecule has 6 nitrogen and oxygen atoms in total. The number of imidazole rings is 1. The highest BCUT2D eigenvalue weighted by Gasteiger charge is 2.15. The Morgan fingerprint density at radius 2 is 2.17 bits per heavy atom. The lowest BCUT2D eigenvalue weighted by molar-refractivity contribution is 0.0950. The summed E-state index contributed by atoms with van der Waals surface area (Å²) < 4.78 is 1.79. The summed E-state index contributed by atoms with van der Waals surface area (Å²) in [5.74, 6) is 1.51. The summed E-state index contributed by atoms with van der Waals surface area (Å²) in [4.78, 5) is 23.0. The normalized spacial score (nSPS) is 16.2. The molecule has 0 radical (unpaired) electrons. The number of nitrogens with zero attached hydrogens (tertiary/aromatic N) is 4. The second-order valence-corrected chi connectivity index (χ2v) is 6.51. The average molecular weight is 327 g/mol. The zero-order valence-electron chi connectivity index (χ0n) is 14.2. The largest absolute Gasteiger partial charge is 0.352 e. The number of carbonyl (C=O) groups excluding carboxylic acids is 1. The van der Waals surface area contributed by atoms with E-state index in [1.807, 2.05) is 6.20 Å². The van der Waals surface area contributed by atoms with Gasteiger partial charge in [0.2, 0.25) is 0 Å². The van der Waals surface area contributed by atoms with Crippen molar-refractivity contribution in [2.75, 3.05) is 26.2 Å². The van der Waals surface area contributed by atoms with Crippen molar-refractivity contribution in [1.82, 2.24) is 24.8 Å². The predicted molar refractivity (Wildman–Crippen MR) is 93.1 cm³/mol. The molecule has 0 atom stereocenters. The molecule has 0 saturated carbocycles. The minimum Gasteiger partial charge on any atom is -0.352 e. The Morgan fingerprint density at radius 1 is 1.33 bits per heavy atom. The van der Waals surface area contributed by atoms with Crippen molar-refractivity contribution < 1.29 is 4.79 Å². The summed E-state index contributed by atoms with van der Waals surface area (Å²) in [5, 5.41) is 3.00. The maximum atomic E-state index is 12.3. The third-order valence-electron chi connectivity index (χ3n) is 4.59. The fraction of sp³-hybridized carbons (Fsp3) is 0.500. The molecule has 0 unspecified atom stereocenters. The first-order chi connectivity index (χ1) is 11.7. The van der Waals surface area contributed by atoms with Gasteiger partial charge in [0.05, 0.1) is 0 Å². The topological polar surface area (TPSA) is 63.1 Å². The number of pyridine rings is 1. The van der Waals surface area contributed by atoms with Gasteiger partial charge >= 0.3 is 0 Å². The first-order valence-corrected chi connectivity index (χ1v) is 8.67. The van der Waals surface area contributed by atoms with Crippen LogP contribution in [-0.2, 0) is 0 Å². The quantitative estimate of drug-likeness (QED) is 0.826. The average Bonchev–Trinajstić information content (AvgIpc) is 3.15. The Hall–Kier alpha value is -2.21. The molecule has 1 amide bonds. The van der Waals surface area contributed by atoms with Crippen LogP contribution < -0.4 is 5.32 Å². The molecule has 1 saturated heterocycles. The van der Waals surface area contributed by atoms with E-state index in [1.54, 1.807) is 35.4 Å². The van der Waals surface area contributed by atoms with E-state index >= 15 is 0 Å². The molecule has 2 aromatic heterocycles. The second kappa shape index (κ2) is 8.06. The van der Waals surface area contributed by atoms with Gasteiger partial charge in [-0.25, -0.2) is 9.97 Å². The van der Waals surface area contributed by atoms with Crippen LogP contribution in [0.15, 0.2) is 37.1 Å². The van der Waals surface area contributed by atoms with Crippen LogP contribution >= 0.6 is 0 Å². The highest BCUT2D eigenvalue weighted by molar-refractivity contribution is 5.94. The van der Waals surface area contributed by atoms with E-state index in [0.29, 0.717) is 17.9 Å². The minimum absolute atomic E-state index is 0.0500. The molecule has 2 aromatic rings. The van der Waals surface area contributed by atoms with Gasteiger partial charge in [0.1, 0.15) is 12.1 Å². The van der Waals surface area contributed by atoms with Gasteiger partial charge in [0, 0.05) is 30.7 Å². The lowest BCUT2D eigenvalue weighted by Crippen LogP contribution is -2.35. The van der Waals surface area contributed by atoms with E-state index in [0.717, 1.165) is 18.9 Å². The van der Waals surface area contributed by atoms with E-state index in [-0.39, 0.29) is 5.91 Å². The number of piperidine rings is 1. The molecule has 0 bridgehead atoms. The monoisotopic (exact) mass is 327 g/mol. The number of hydrogen-bond donors (Lipinski definition) is 1. The van der Waals surface area contributed by atoms with Crippen molar-refractivity contribution in [3.8, 4) is 5.82 Å². The Morgan fingerprint density at radius 3 is 2.92 bits per heavy atom. The summed E-state index contributed by atoms with van der Waals surface area (Å²) in [6.07, 6.45) is 10.4. The van der Waals surface area contributed by atoms with Gasteiger partial charge in [0.15, 0.2) is 0 Å². The van der Waals surface area contributed by atoms with Crippen LogP contribution in [0.25, 0.3) is 5.82 Å². The van der Waals surface area contributed by atoms with Crippen LogP contribution in [0, 0.1) is 5.92 Å². The molecule has 24 heavy (non-hydrogen) atoms. The van der Waals surface area contributed by atoms with E-state index in [4.69, 9.17) is 0 Å². The fourth-order valence-electron chi connectivity index (χ4n) is 2.99. The van der Waals surface area contributed by atoms with Crippen molar-refractivity contribution in [2.24, 2.45) is 5.92 Å². The van der Waals surface area contributed by atoms with Crippen LogP contribution in [0.1, 0.15) is 36.5 Å². The highest BCUT2D eigenvalue weighted by Crippen LogP contribution is 2.15. The van der Waals surface area contributed by atoms with Gasteiger partial charge in [-0.05, 0) is 56.9 Å². The molecule has 0 aromatic carbocycles. The van der Waals surface area contributed by atoms with E-state index in [2.05, 4.69) is 27.1 Å². The summed E-state index contributed by atoms with van der Waals surface area (Å²) in [7, 11) is 0. The SMILES string of the molecule is CC1CCN(CCCNC(=O)c2ccnc(-n3ccnc3)c2)CC1. The number of hydrogen-bond acceptors (Lipinski definition) is 4. The van der Waals surface area contributed by atoms with Gasteiger partial charge < -0.3 is 10.2 Å². The molecule has 0 spiro atoms. The molecule has 0 aliphatic carbocycles. The van der Waals surface area contributed by atoms with Crippen LogP contribution in [0.4, 0.5) is 0 Å².